The lowest BCUT2D eigenvalue weighted by Crippen LogP contribution is -2.65. The van der Waals surface area contributed by atoms with E-state index in [9.17, 15) is 18.0 Å². The first-order valence-electron chi connectivity index (χ1n) is 9.74. The third kappa shape index (κ3) is 4.63. The molecular weight excluding hydrogens is 437 g/mol. The van der Waals surface area contributed by atoms with E-state index in [-0.39, 0.29) is 34.8 Å². The summed E-state index contributed by atoms with van der Waals surface area (Å²) in [6.45, 7) is 0.605. The second-order valence-corrected chi connectivity index (χ2v) is 7.87. The number of ether oxygens (including phenoxy) is 3. The zero-order chi connectivity index (χ0) is 22.1. The number of fused-ring (bicyclic) bond motifs is 1. The number of rotatable bonds is 6. The Labute approximate surface area is 181 Å². The molecule has 166 valence electrons. The normalized spacial score (nSPS) is 23.1. The van der Waals surface area contributed by atoms with Crippen LogP contribution in [0.2, 0.25) is 5.02 Å². The van der Waals surface area contributed by atoms with Gasteiger partial charge in [0.05, 0.1) is 35.4 Å². The number of aromatic nitrogens is 1. The molecule has 1 aromatic carbocycles. The second kappa shape index (κ2) is 8.64. The van der Waals surface area contributed by atoms with Crippen LogP contribution in [-0.2, 0) is 14.9 Å². The van der Waals surface area contributed by atoms with E-state index in [1.807, 2.05) is 18.2 Å². The van der Waals surface area contributed by atoms with Crippen LogP contribution in [0.3, 0.4) is 0 Å². The summed E-state index contributed by atoms with van der Waals surface area (Å²) in [5.41, 5.74) is 1.19. The topological polar surface area (TPSA) is 60.9 Å². The van der Waals surface area contributed by atoms with Crippen molar-refractivity contribution in [2.45, 2.75) is 24.3 Å². The van der Waals surface area contributed by atoms with Gasteiger partial charge in [0.15, 0.2) is 0 Å². The molecule has 2 atom stereocenters. The Morgan fingerprint density at radius 3 is 2.74 bits per heavy atom. The Bertz CT molecular complexity index is 944. The van der Waals surface area contributed by atoms with Gasteiger partial charge < -0.3 is 14.4 Å². The number of amides is 1. The molecule has 0 N–H and O–H groups in total. The molecule has 0 spiro atoms. The first-order chi connectivity index (χ1) is 14.8. The first-order valence-corrected chi connectivity index (χ1v) is 10.1. The number of carbonyl (C=O) groups is 1. The van der Waals surface area contributed by atoms with Crippen LogP contribution in [0.25, 0.3) is 0 Å². The van der Waals surface area contributed by atoms with Crippen molar-refractivity contribution in [3.8, 4) is 5.75 Å². The minimum absolute atomic E-state index is 0.119. The van der Waals surface area contributed by atoms with E-state index in [1.165, 1.54) is 18.2 Å². The predicted molar refractivity (Wildman–Crippen MR) is 105 cm³/mol. The molecule has 1 aromatic heterocycles. The van der Waals surface area contributed by atoms with Gasteiger partial charge in [-0.3, -0.25) is 14.5 Å². The Hall–Kier alpha value is -2.36. The van der Waals surface area contributed by atoms with Gasteiger partial charge in [-0.1, -0.05) is 17.7 Å². The standard InChI is InChI=1S/C21H20ClF3N2O4/c22-15-11-14(4-5-16(15)29-9-10-31-21(23,24)25)19(28)27-8-6-20(13-30-18(20)12-27)17-3-1-2-7-26-17/h1-5,7,11,18H,6,8-10,12-13H2/t18?,20-/m1/s1. The molecule has 2 fully saturated rings. The number of benzene rings is 1. The highest BCUT2D eigenvalue weighted by atomic mass is 35.5. The third-order valence-corrected chi connectivity index (χ3v) is 5.92. The molecule has 2 saturated heterocycles. The summed E-state index contributed by atoms with van der Waals surface area (Å²) in [5, 5.41) is 0.137. The van der Waals surface area contributed by atoms with E-state index < -0.39 is 13.0 Å². The highest BCUT2D eigenvalue weighted by molar-refractivity contribution is 6.32. The summed E-state index contributed by atoms with van der Waals surface area (Å²) in [4.78, 5) is 19.2. The van der Waals surface area contributed by atoms with Gasteiger partial charge in [-0.25, -0.2) is 0 Å². The quantitative estimate of drug-likeness (QED) is 0.618. The molecule has 1 amide bonds. The van der Waals surface area contributed by atoms with Crippen molar-refractivity contribution in [2.75, 3.05) is 32.9 Å². The molecule has 1 unspecified atom stereocenters. The number of piperidine rings is 1. The van der Waals surface area contributed by atoms with E-state index in [1.54, 1.807) is 11.1 Å². The lowest BCUT2D eigenvalue weighted by molar-refractivity contribution is -0.325. The monoisotopic (exact) mass is 456 g/mol. The van der Waals surface area contributed by atoms with Gasteiger partial charge in [0, 0.05) is 24.8 Å². The zero-order valence-electron chi connectivity index (χ0n) is 16.4. The highest BCUT2D eigenvalue weighted by Gasteiger charge is 2.54. The zero-order valence-corrected chi connectivity index (χ0v) is 17.2. The van der Waals surface area contributed by atoms with Crippen molar-refractivity contribution in [3.05, 3.63) is 58.9 Å². The maximum absolute atomic E-state index is 13.0. The number of likely N-dealkylation sites (tertiary alicyclic amines) is 1. The maximum atomic E-state index is 13.0. The lowest BCUT2D eigenvalue weighted by atomic mass is 9.70. The smallest absolute Gasteiger partial charge is 0.490 e. The summed E-state index contributed by atoms with van der Waals surface area (Å²) in [6, 6.07) is 10.3. The van der Waals surface area contributed by atoms with Gasteiger partial charge in [0.2, 0.25) is 0 Å². The van der Waals surface area contributed by atoms with Gasteiger partial charge in [-0.15, -0.1) is 13.2 Å². The minimum atomic E-state index is -4.71. The number of hydrogen-bond donors (Lipinski definition) is 0. The Kier molecular flexibility index (Phi) is 6.09. The van der Waals surface area contributed by atoms with E-state index in [4.69, 9.17) is 21.1 Å². The van der Waals surface area contributed by atoms with E-state index >= 15 is 0 Å². The van der Waals surface area contributed by atoms with Crippen LogP contribution in [0.15, 0.2) is 42.6 Å². The number of alkyl halides is 3. The summed E-state index contributed by atoms with van der Waals surface area (Å²) >= 11 is 6.15. The Morgan fingerprint density at radius 1 is 1.29 bits per heavy atom. The summed E-state index contributed by atoms with van der Waals surface area (Å²) in [6.07, 6.45) is -2.32. The van der Waals surface area contributed by atoms with Crippen molar-refractivity contribution >= 4 is 17.5 Å². The van der Waals surface area contributed by atoms with Crippen LogP contribution in [0.4, 0.5) is 13.2 Å². The van der Waals surface area contributed by atoms with Crippen molar-refractivity contribution in [1.29, 1.82) is 0 Å². The fourth-order valence-corrected chi connectivity index (χ4v) is 4.18. The van der Waals surface area contributed by atoms with Crippen molar-refractivity contribution < 1.29 is 32.2 Å². The third-order valence-electron chi connectivity index (χ3n) is 5.62. The molecule has 2 aliphatic heterocycles. The van der Waals surface area contributed by atoms with Crippen LogP contribution < -0.4 is 4.74 Å². The molecule has 2 aromatic rings. The molecule has 31 heavy (non-hydrogen) atoms. The fraction of sp³-hybridized carbons (Fsp3) is 0.429. The number of halogens is 4. The number of pyridine rings is 1. The number of carbonyl (C=O) groups excluding carboxylic acids is 1. The van der Waals surface area contributed by atoms with Crippen LogP contribution in [0.5, 0.6) is 5.75 Å². The summed E-state index contributed by atoms with van der Waals surface area (Å²) in [7, 11) is 0. The van der Waals surface area contributed by atoms with Gasteiger partial charge >= 0.3 is 6.36 Å². The SMILES string of the molecule is O=C(c1ccc(OCCOC(F)(F)F)c(Cl)c1)N1CC[C@]2(c3ccccn3)COC2C1. The van der Waals surface area contributed by atoms with Gasteiger partial charge in [-0.2, -0.15) is 0 Å². The molecule has 0 radical (unpaired) electrons. The fourth-order valence-electron chi connectivity index (χ4n) is 3.94. The molecule has 4 rings (SSSR count). The van der Waals surface area contributed by atoms with Crippen LogP contribution >= 0.6 is 11.6 Å². The Morgan fingerprint density at radius 2 is 2.13 bits per heavy atom. The van der Waals surface area contributed by atoms with Gasteiger partial charge in [-0.05, 0) is 36.8 Å². The largest absolute Gasteiger partial charge is 0.522 e. The molecule has 2 aliphatic rings. The van der Waals surface area contributed by atoms with Crippen LogP contribution in [0.1, 0.15) is 22.5 Å². The first kappa shape index (κ1) is 21.9. The van der Waals surface area contributed by atoms with Crippen molar-refractivity contribution in [1.82, 2.24) is 9.88 Å². The molecule has 0 bridgehead atoms. The Balaban J connectivity index is 1.36. The van der Waals surface area contributed by atoms with E-state index in [2.05, 4.69) is 9.72 Å². The minimum Gasteiger partial charge on any atom is -0.490 e. The molecule has 0 saturated carbocycles. The summed E-state index contributed by atoms with van der Waals surface area (Å²) < 4.78 is 50.6. The molecule has 3 heterocycles. The van der Waals surface area contributed by atoms with Gasteiger partial charge in [0.1, 0.15) is 12.4 Å². The van der Waals surface area contributed by atoms with Crippen LogP contribution in [-0.4, -0.2) is 61.2 Å². The van der Waals surface area contributed by atoms with E-state index in [0.29, 0.717) is 25.3 Å². The molecule has 0 aliphatic carbocycles. The predicted octanol–water partition coefficient (Wildman–Crippen LogP) is 3.83. The highest BCUT2D eigenvalue weighted by Crippen LogP contribution is 2.44. The summed E-state index contributed by atoms with van der Waals surface area (Å²) in [5.74, 6) is -0.0156. The average molecular weight is 457 g/mol. The van der Waals surface area contributed by atoms with E-state index in [0.717, 1.165) is 12.1 Å². The molecular formula is C21H20ClF3N2O4. The van der Waals surface area contributed by atoms with Crippen molar-refractivity contribution in [3.63, 3.8) is 0 Å². The van der Waals surface area contributed by atoms with Crippen LogP contribution in [0, 0.1) is 0 Å². The van der Waals surface area contributed by atoms with Gasteiger partial charge in [0.25, 0.3) is 5.91 Å². The second-order valence-electron chi connectivity index (χ2n) is 7.46. The van der Waals surface area contributed by atoms with Crippen molar-refractivity contribution in [2.24, 2.45) is 0 Å². The lowest BCUT2D eigenvalue weighted by Gasteiger charge is -2.54. The number of hydrogen-bond acceptors (Lipinski definition) is 5. The molecule has 6 nitrogen and oxygen atoms in total. The average Bonchev–Trinajstić information content (AvgIpc) is 2.72. The maximum Gasteiger partial charge on any atom is 0.522 e. The number of nitrogens with zero attached hydrogens (tertiary/aromatic N) is 2. The molecule has 10 heteroatoms.